The normalized spacial score (nSPS) is 14.5. The average molecular weight is 477 g/mol. The van der Waals surface area contributed by atoms with Crippen LogP contribution in [0.5, 0.6) is 0 Å². The molecule has 0 aromatic heterocycles. The van der Waals surface area contributed by atoms with Crippen LogP contribution in [0.3, 0.4) is 0 Å². The lowest BCUT2D eigenvalue weighted by Gasteiger charge is -2.17. The van der Waals surface area contributed by atoms with E-state index in [1.165, 1.54) is 5.39 Å². The van der Waals surface area contributed by atoms with Crippen LogP contribution in [0.2, 0.25) is 19.6 Å². The van der Waals surface area contributed by atoms with E-state index < -0.39 is 14.2 Å². The van der Waals surface area contributed by atoms with Crippen molar-refractivity contribution in [3.05, 3.63) is 108 Å². The van der Waals surface area contributed by atoms with E-state index in [2.05, 4.69) is 104 Å². The maximum absolute atomic E-state index is 11.8. The fourth-order valence-corrected chi connectivity index (χ4v) is 6.28. The fraction of sp³-hybridized carbons (Fsp3) is 0.118. The van der Waals surface area contributed by atoms with Gasteiger partial charge < -0.3 is 5.11 Å². The second kappa shape index (κ2) is 7.46. The molecule has 0 fully saturated rings. The smallest absolute Gasteiger partial charge is 0.129 e. The van der Waals surface area contributed by atoms with Crippen molar-refractivity contribution < 1.29 is 5.11 Å². The van der Waals surface area contributed by atoms with E-state index in [1.807, 2.05) is 18.2 Å². The summed E-state index contributed by atoms with van der Waals surface area (Å²) in [6.45, 7) is 6.80. The van der Waals surface area contributed by atoms with Crippen LogP contribution in [-0.2, 0) is 0 Å². The number of benzene rings is 4. The molecule has 0 spiro atoms. The molecule has 170 valence electrons. The first-order valence-electron chi connectivity index (χ1n) is 12.4. The Hall–Kier alpha value is -4.08. The zero-order valence-corrected chi connectivity index (χ0v) is 21.5. The van der Waals surface area contributed by atoms with Crippen molar-refractivity contribution in [2.45, 2.75) is 25.7 Å². The first kappa shape index (κ1) is 21.2. The highest BCUT2D eigenvalue weighted by Crippen LogP contribution is 2.58. The lowest BCUT2D eigenvalue weighted by Crippen LogP contribution is -2.16. The Morgan fingerprint density at radius 2 is 1.31 bits per heavy atom. The van der Waals surface area contributed by atoms with Gasteiger partial charge in [0.15, 0.2) is 0 Å². The molecule has 7 rings (SSSR count). The van der Waals surface area contributed by atoms with Gasteiger partial charge in [0.1, 0.15) is 14.2 Å². The first-order chi connectivity index (χ1) is 17.4. The number of fused-ring (bicyclic) bond motifs is 7. The van der Waals surface area contributed by atoms with Gasteiger partial charge >= 0.3 is 0 Å². The molecule has 2 heteroatoms. The molecule has 1 N–H and O–H groups in total. The Morgan fingerprint density at radius 3 is 2.06 bits per heavy atom. The summed E-state index contributed by atoms with van der Waals surface area (Å²) in [7, 11) is -1.67. The molecule has 5 aromatic carbocycles. The molecule has 1 unspecified atom stereocenters. The van der Waals surface area contributed by atoms with E-state index >= 15 is 0 Å². The standard InChI is InChI=1S/C34H24OSi/c1-36(2,3)20-19-28-29-24-14-8-7-13-23(24)26-18-17-22(21-11-5-4-6-12-21)30(31(26)29)32-25-15-9-10-16-27(25)34(35)33(28)32/h4-16,34-35H,1-3H3. The van der Waals surface area contributed by atoms with Crippen LogP contribution < -0.4 is 0 Å². The summed E-state index contributed by atoms with van der Waals surface area (Å²) in [6.07, 6.45) is -0.716. The molecule has 2 aliphatic rings. The predicted octanol–water partition coefficient (Wildman–Crippen LogP) is 8.05. The molecule has 0 aliphatic heterocycles. The summed E-state index contributed by atoms with van der Waals surface area (Å²) < 4.78 is 0. The van der Waals surface area contributed by atoms with Crippen molar-refractivity contribution in [2.24, 2.45) is 0 Å². The van der Waals surface area contributed by atoms with E-state index in [0.29, 0.717) is 0 Å². The molecular formula is C34H24OSi. The zero-order chi connectivity index (χ0) is 24.6. The molecule has 0 saturated heterocycles. The minimum absolute atomic E-state index is 0.716. The topological polar surface area (TPSA) is 20.2 Å². The van der Waals surface area contributed by atoms with Crippen molar-refractivity contribution in [1.82, 2.24) is 0 Å². The molecule has 5 aromatic rings. The molecule has 1 atom stereocenters. The molecular weight excluding hydrogens is 452 g/mol. The van der Waals surface area contributed by atoms with Gasteiger partial charge in [0.05, 0.1) is 0 Å². The molecule has 0 saturated carbocycles. The van der Waals surface area contributed by atoms with Crippen LogP contribution in [0, 0.1) is 23.6 Å². The second-order valence-corrected chi connectivity index (χ2v) is 15.4. The summed E-state index contributed by atoms with van der Waals surface area (Å²) in [4.78, 5) is 0. The fourth-order valence-electron chi connectivity index (χ4n) is 5.78. The highest BCUT2D eigenvalue weighted by molar-refractivity contribution is 6.83. The van der Waals surface area contributed by atoms with Crippen molar-refractivity contribution in [2.75, 3.05) is 0 Å². The van der Waals surface area contributed by atoms with E-state index in [1.54, 1.807) is 0 Å². The Balaban J connectivity index is 1.75. The highest BCUT2D eigenvalue weighted by atomic mass is 28.3. The van der Waals surface area contributed by atoms with E-state index in [0.717, 1.165) is 66.6 Å². The van der Waals surface area contributed by atoms with Crippen LogP contribution >= 0.6 is 0 Å². The van der Waals surface area contributed by atoms with Crippen LogP contribution in [0.15, 0.2) is 78.9 Å². The van der Waals surface area contributed by atoms with Crippen LogP contribution in [0.4, 0.5) is 0 Å². The summed E-state index contributed by atoms with van der Waals surface area (Å²) in [5, 5.41) is 14.1. The van der Waals surface area contributed by atoms with E-state index in [-0.39, 0.29) is 0 Å². The van der Waals surface area contributed by atoms with E-state index in [4.69, 9.17) is 0 Å². The van der Waals surface area contributed by atoms with Gasteiger partial charge in [-0.15, -0.1) is 5.54 Å². The molecule has 0 bridgehead atoms. The van der Waals surface area contributed by atoms with Crippen LogP contribution in [-0.4, -0.2) is 13.2 Å². The number of aliphatic hydroxyl groups is 1. The Bertz CT molecular complexity index is 1780. The first-order valence-corrected chi connectivity index (χ1v) is 15.9. The number of hydrogen-bond donors (Lipinski definition) is 1. The van der Waals surface area contributed by atoms with Gasteiger partial charge in [-0.3, -0.25) is 0 Å². The minimum Gasteiger partial charge on any atom is -0.384 e. The molecule has 36 heavy (non-hydrogen) atoms. The van der Waals surface area contributed by atoms with E-state index in [9.17, 15) is 5.11 Å². The third-order valence-electron chi connectivity index (χ3n) is 7.24. The maximum atomic E-state index is 11.8. The van der Waals surface area contributed by atoms with Crippen molar-refractivity contribution >= 4 is 18.8 Å². The average Bonchev–Trinajstić information content (AvgIpc) is 3.38. The summed E-state index contributed by atoms with van der Waals surface area (Å²) in [5.41, 5.74) is 15.3. The third kappa shape index (κ3) is 2.90. The lowest BCUT2D eigenvalue weighted by molar-refractivity contribution is 0.225. The summed E-state index contributed by atoms with van der Waals surface area (Å²) in [5.74, 6) is 3.62. The van der Waals surface area contributed by atoms with Crippen molar-refractivity contribution in [1.29, 1.82) is 0 Å². The Labute approximate surface area is 213 Å². The predicted molar refractivity (Wildman–Crippen MR) is 151 cm³/mol. The molecule has 0 amide bonds. The molecule has 1 nitrogen and oxygen atoms in total. The third-order valence-corrected chi connectivity index (χ3v) is 8.12. The van der Waals surface area contributed by atoms with Gasteiger partial charge in [0, 0.05) is 38.6 Å². The number of rotatable bonds is 1. The summed E-state index contributed by atoms with van der Waals surface area (Å²) >= 11 is 0. The van der Waals surface area contributed by atoms with Gasteiger partial charge in [0.25, 0.3) is 0 Å². The largest absolute Gasteiger partial charge is 0.384 e. The quantitative estimate of drug-likeness (QED) is 0.188. The zero-order valence-electron chi connectivity index (χ0n) is 20.5. The second-order valence-electron chi connectivity index (χ2n) is 10.7. The SMILES string of the molecule is C[Si](C)(C)C#Cc1c2c(c3c(-c4ccccc4)c#cc4c3c1-c1ccccc1-4)-c1ccccc1C2O. The van der Waals surface area contributed by atoms with Crippen molar-refractivity contribution in [3.8, 4) is 56.0 Å². The lowest BCUT2D eigenvalue weighted by atomic mass is 9.85. The van der Waals surface area contributed by atoms with Gasteiger partial charge in [-0.1, -0.05) is 117 Å². The van der Waals surface area contributed by atoms with Gasteiger partial charge in [-0.05, 0) is 33.4 Å². The molecule has 2 aliphatic carbocycles. The monoisotopic (exact) mass is 476 g/mol. The minimum atomic E-state index is -1.67. The van der Waals surface area contributed by atoms with Gasteiger partial charge in [0.2, 0.25) is 0 Å². The number of hydrogen-bond acceptors (Lipinski definition) is 1. The van der Waals surface area contributed by atoms with Gasteiger partial charge in [-0.25, -0.2) is 0 Å². The Morgan fingerprint density at radius 1 is 0.694 bits per heavy atom. The molecule has 0 radical (unpaired) electrons. The Kier molecular flexibility index (Phi) is 4.40. The van der Waals surface area contributed by atoms with Crippen molar-refractivity contribution in [3.63, 3.8) is 0 Å². The maximum Gasteiger partial charge on any atom is 0.129 e. The highest BCUT2D eigenvalue weighted by Gasteiger charge is 2.37. The molecule has 0 heterocycles. The van der Waals surface area contributed by atoms with Crippen LogP contribution in [0.25, 0.3) is 55.3 Å². The number of aliphatic hydroxyl groups excluding tert-OH is 1. The van der Waals surface area contributed by atoms with Crippen LogP contribution in [0.1, 0.15) is 22.8 Å². The van der Waals surface area contributed by atoms with Gasteiger partial charge in [-0.2, -0.15) is 0 Å². The summed E-state index contributed by atoms with van der Waals surface area (Å²) in [6, 6.07) is 34.3.